The monoisotopic (exact) mass is 433 g/mol. The lowest BCUT2D eigenvalue weighted by Crippen LogP contribution is -2.35. The lowest BCUT2D eigenvalue weighted by molar-refractivity contribution is 0.415. The summed E-state index contributed by atoms with van der Waals surface area (Å²) in [6.45, 7) is 5.15. The molecule has 4 rings (SSSR count). The Hall–Kier alpha value is -2.96. The molecule has 0 fully saturated rings. The number of hydrogen-bond acceptors (Lipinski definition) is 3. The molecule has 0 aliphatic heterocycles. The number of aryl methyl sites for hydroxylation is 2. The molecule has 0 radical (unpaired) electrons. The van der Waals surface area contributed by atoms with Crippen molar-refractivity contribution in [1.29, 1.82) is 0 Å². The molecule has 2 aromatic heterocycles. The smallest absolute Gasteiger partial charge is 0.253 e. The van der Waals surface area contributed by atoms with Crippen LogP contribution in [-0.4, -0.2) is 15.0 Å². The van der Waals surface area contributed by atoms with Gasteiger partial charge in [0, 0.05) is 16.1 Å². The van der Waals surface area contributed by atoms with E-state index in [1.54, 1.807) is 11.3 Å². The van der Waals surface area contributed by atoms with Crippen molar-refractivity contribution < 1.29 is 0 Å². The molecule has 0 amide bonds. The van der Waals surface area contributed by atoms with Crippen molar-refractivity contribution in [1.82, 2.24) is 9.88 Å². The van der Waals surface area contributed by atoms with E-state index in [2.05, 4.69) is 40.8 Å². The fourth-order valence-corrected chi connectivity index (χ4v) is 4.37. The molecule has 0 spiro atoms. The molecule has 0 bridgehead atoms. The van der Waals surface area contributed by atoms with Crippen molar-refractivity contribution >= 4 is 45.3 Å². The summed E-state index contributed by atoms with van der Waals surface area (Å²) in [6.07, 6.45) is 0. The Morgan fingerprint density at radius 2 is 1.87 bits per heavy atom. The highest BCUT2D eigenvalue weighted by molar-refractivity contribution is 7.80. The molecule has 0 atom stereocenters. The first kappa shape index (κ1) is 20.3. The van der Waals surface area contributed by atoms with E-state index in [1.807, 2.05) is 54.3 Å². The van der Waals surface area contributed by atoms with Crippen molar-refractivity contribution in [3.63, 3.8) is 0 Å². The molecule has 30 heavy (non-hydrogen) atoms. The molecule has 2 N–H and O–H groups in total. The first-order valence-corrected chi connectivity index (χ1v) is 11.1. The van der Waals surface area contributed by atoms with Crippen LogP contribution in [0.2, 0.25) is 0 Å². The van der Waals surface area contributed by atoms with Gasteiger partial charge in [0.25, 0.3) is 5.56 Å². The Balaban J connectivity index is 1.65. The molecule has 4 aromatic rings. The maximum Gasteiger partial charge on any atom is 0.253 e. The summed E-state index contributed by atoms with van der Waals surface area (Å²) in [5, 5.41) is 6.97. The number of thiophene rings is 1. The highest BCUT2D eigenvalue weighted by atomic mass is 32.1. The molecule has 0 saturated heterocycles. The third-order valence-corrected chi connectivity index (χ3v) is 6.45. The first-order chi connectivity index (χ1) is 14.5. The van der Waals surface area contributed by atoms with Crippen molar-refractivity contribution in [2.45, 2.75) is 26.9 Å². The van der Waals surface area contributed by atoms with Gasteiger partial charge in [-0.1, -0.05) is 36.4 Å². The molecular formula is C24H23N3OS2. The van der Waals surface area contributed by atoms with E-state index < -0.39 is 0 Å². The second-order valence-corrected chi connectivity index (χ2v) is 8.75. The predicted molar refractivity (Wildman–Crippen MR) is 130 cm³/mol. The van der Waals surface area contributed by atoms with E-state index in [1.165, 1.54) is 10.4 Å². The van der Waals surface area contributed by atoms with Gasteiger partial charge in [0.1, 0.15) is 0 Å². The third kappa shape index (κ3) is 4.45. The number of fused-ring (bicyclic) bond motifs is 1. The lowest BCUT2D eigenvalue weighted by Gasteiger charge is -2.25. The summed E-state index contributed by atoms with van der Waals surface area (Å²) >= 11 is 7.39. The van der Waals surface area contributed by atoms with Crippen LogP contribution in [0.3, 0.4) is 0 Å². The SMILES string of the molecule is Cc1ccc2cc(CN(Cc3cccs3)C(=S)Nc3ccccc3)c(=O)[nH]c2c1C. The molecule has 6 heteroatoms. The number of anilines is 1. The summed E-state index contributed by atoms with van der Waals surface area (Å²) in [7, 11) is 0. The number of hydrogen-bond donors (Lipinski definition) is 2. The van der Waals surface area contributed by atoms with Gasteiger partial charge in [-0.25, -0.2) is 0 Å². The number of nitrogens with zero attached hydrogens (tertiary/aromatic N) is 1. The van der Waals surface area contributed by atoms with Crippen LogP contribution in [0.25, 0.3) is 10.9 Å². The average Bonchev–Trinajstić information content (AvgIpc) is 3.25. The van der Waals surface area contributed by atoms with E-state index in [0.29, 0.717) is 23.8 Å². The lowest BCUT2D eigenvalue weighted by atomic mass is 10.0. The van der Waals surface area contributed by atoms with Crippen LogP contribution in [-0.2, 0) is 13.1 Å². The summed E-state index contributed by atoms with van der Waals surface area (Å²) < 4.78 is 0. The number of para-hydroxylation sites is 1. The van der Waals surface area contributed by atoms with Gasteiger partial charge in [-0.15, -0.1) is 11.3 Å². The van der Waals surface area contributed by atoms with Crippen molar-refractivity contribution in [2.75, 3.05) is 5.32 Å². The quantitative estimate of drug-likeness (QED) is 0.402. The molecular weight excluding hydrogens is 410 g/mol. The second-order valence-electron chi connectivity index (χ2n) is 7.33. The van der Waals surface area contributed by atoms with Gasteiger partial charge in [0.05, 0.1) is 18.6 Å². The minimum absolute atomic E-state index is 0.0742. The number of thiocarbonyl (C=S) groups is 1. The van der Waals surface area contributed by atoms with E-state index >= 15 is 0 Å². The maximum atomic E-state index is 12.9. The zero-order valence-electron chi connectivity index (χ0n) is 16.9. The minimum atomic E-state index is -0.0742. The van der Waals surface area contributed by atoms with Crippen molar-refractivity contribution in [2.24, 2.45) is 0 Å². The van der Waals surface area contributed by atoms with Crippen LogP contribution < -0.4 is 10.9 Å². The fourth-order valence-electron chi connectivity index (χ4n) is 3.41. The summed E-state index contributed by atoms with van der Waals surface area (Å²) in [6, 6.07) is 20.1. The van der Waals surface area contributed by atoms with Gasteiger partial charge in [-0.05, 0) is 72.2 Å². The van der Waals surface area contributed by atoms with E-state index in [9.17, 15) is 4.79 Å². The Labute approximate surface area is 185 Å². The Bertz CT molecular complexity index is 1230. The first-order valence-electron chi connectivity index (χ1n) is 9.77. The molecule has 2 heterocycles. The van der Waals surface area contributed by atoms with Crippen LogP contribution in [0.1, 0.15) is 21.6 Å². The predicted octanol–water partition coefficient (Wildman–Crippen LogP) is 5.61. The minimum Gasteiger partial charge on any atom is -0.339 e. The van der Waals surface area contributed by atoms with E-state index in [-0.39, 0.29) is 5.56 Å². The van der Waals surface area contributed by atoms with Gasteiger partial charge in [0.15, 0.2) is 5.11 Å². The van der Waals surface area contributed by atoms with Crippen LogP contribution in [0.4, 0.5) is 5.69 Å². The van der Waals surface area contributed by atoms with Gasteiger partial charge in [-0.2, -0.15) is 0 Å². The molecule has 2 aromatic carbocycles. The van der Waals surface area contributed by atoms with Crippen molar-refractivity contribution in [3.05, 3.63) is 98.0 Å². The summed E-state index contributed by atoms with van der Waals surface area (Å²) in [5.74, 6) is 0. The molecule has 0 unspecified atom stereocenters. The topological polar surface area (TPSA) is 48.1 Å². The Morgan fingerprint density at radius 1 is 1.07 bits per heavy atom. The summed E-state index contributed by atoms with van der Waals surface area (Å²) in [4.78, 5) is 19.2. The van der Waals surface area contributed by atoms with Crippen LogP contribution in [0, 0.1) is 13.8 Å². The molecule has 0 aliphatic carbocycles. The van der Waals surface area contributed by atoms with Crippen LogP contribution in [0.15, 0.2) is 70.8 Å². The van der Waals surface area contributed by atoms with Crippen LogP contribution >= 0.6 is 23.6 Å². The average molecular weight is 434 g/mol. The zero-order chi connectivity index (χ0) is 21.1. The highest BCUT2D eigenvalue weighted by Crippen LogP contribution is 2.21. The number of H-pyrrole nitrogens is 1. The number of rotatable bonds is 5. The van der Waals surface area contributed by atoms with Gasteiger partial charge in [-0.3, -0.25) is 4.79 Å². The number of pyridine rings is 1. The second kappa shape index (κ2) is 8.81. The molecule has 152 valence electrons. The summed E-state index contributed by atoms with van der Waals surface area (Å²) in [5.41, 5.74) is 4.72. The highest BCUT2D eigenvalue weighted by Gasteiger charge is 2.15. The van der Waals surface area contributed by atoms with Gasteiger partial charge < -0.3 is 15.2 Å². The Kier molecular flexibility index (Phi) is 5.97. The van der Waals surface area contributed by atoms with Gasteiger partial charge >= 0.3 is 0 Å². The Morgan fingerprint density at radius 3 is 2.60 bits per heavy atom. The molecule has 4 nitrogen and oxygen atoms in total. The fraction of sp³-hybridized carbons (Fsp3) is 0.167. The number of aromatic nitrogens is 1. The number of aromatic amines is 1. The largest absolute Gasteiger partial charge is 0.339 e. The van der Waals surface area contributed by atoms with Crippen LogP contribution in [0.5, 0.6) is 0 Å². The standard InChI is InChI=1S/C24H23N3OS2/c1-16-10-11-18-13-19(23(28)26-22(18)17(16)2)14-27(15-21-9-6-12-30-21)24(29)25-20-7-4-3-5-8-20/h3-13H,14-15H2,1-2H3,(H,25,29)(H,26,28). The van der Waals surface area contributed by atoms with E-state index in [0.717, 1.165) is 22.2 Å². The van der Waals surface area contributed by atoms with Crippen molar-refractivity contribution in [3.8, 4) is 0 Å². The molecule has 0 aliphatic rings. The normalized spacial score (nSPS) is 10.9. The number of nitrogens with one attached hydrogen (secondary N) is 2. The maximum absolute atomic E-state index is 12.9. The zero-order valence-corrected chi connectivity index (χ0v) is 18.6. The van der Waals surface area contributed by atoms with Gasteiger partial charge in [0.2, 0.25) is 0 Å². The number of benzene rings is 2. The third-order valence-electron chi connectivity index (χ3n) is 5.23. The molecule has 0 saturated carbocycles. The van der Waals surface area contributed by atoms with E-state index in [4.69, 9.17) is 12.2 Å².